The highest BCUT2D eigenvalue weighted by Gasteiger charge is 2.08. The van der Waals surface area contributed by atoms with Gasteiger partial charge in [0.05, 0.1) is 6.04 Å². The Morgan fingerprint density at radius 2 is 2.00 bits per heavy atom. The molecule has 1 unspecified atom stereocenters. The molecule has 0 N–H and O–H groups in total. The summed E-state index contributed by atoms with van der Waals surface area (Å²) in [6, 6.07) is 9.72. The van der Waals surface area contributed by atoms with Gasteiger partial charge in [-0.05, 0) is 30.9 Å². The Morgan fingerprint density at radius 3 is 2.61 bits per heavy atom. The predicted octanol–water partition coefficient (Wildman–Crippen LogP) is 4.58. The van der Waals surface area contributed by atoms with E-state index < -0.39 is 0 Å². The van der Waals surface area contributed by atoms with Crippen molar-refractivity contribution in [1.82, 2.24) is 0 Å². The second kappa shape index (κ2) is 8.31. The van der Waals surface area contributed by atoms with Crippen LogP contribution in [0.2, 0.25) is 0 Å². The van der Waals surface area contributed by atoms with Crippen LogP contribution >= 0.6 is 0 Å². The lowest BCUT2D eigenvalue weighted by atomic mass is 10.0. The molecule has 1 atom stereocenters. The van der Waals surface area contributed by atoms with Gasteiger partial charge in [-0.3, -0.25) is 0 Å². The molecule has 0 saturated carbocycles. The van der Waals surface area contributed by atoms with Gasteiger partial charge >= 0.3 is 0 Å². The number of azide groups is 1. The van der Waals surface area contributed by atoms with Gasteiger partial charge in [0, 0.05) is 11.3 Å². The summed E-state index contributed by atoms with van der Waals surface area (Å²) in [6.45, 7) is 1.62. The number of rotatable bonds is 8. The largest absolute Gasteiger partial charge is 0.300 e. The average Bonchev–Trinajstić information content (AvgIpc) is 2.38. The van der Waals surface area contributed by atoms with Crippen molar-refractivity contribution >= 4 is 5.78 Å². The summed E-state index contributed by atoms with van der Waals surface area (Å²) < 4.78 is 0. The van der Waals surface area contributed by atoms with E-state index in [2.05, 4.69) is 10.0 Å². The molecular weight excluding hydrogens is 226 g/mol. The van der Waals surface area contributed by atoms with Crippen LogP contribution in [0, 0.1) is 0 Å². The van der Waals surface area contributed by atoms with E-state index in [1.165, 1.54) is 0 Å². The van der Waals surface area contributed by atoms with E-state index in [0.717, 1.165) is 31.2 Å². The Kier molecular flexibility index (Phi) is 6.59. The second-order valence-corrected chi connectivity index (χ2v) is 4.43. The highest BCUT2D eigenvalue weighted by molar-refractivity contribution is 5.75. The third-order valence-electron chi connectivity index (χ3n) is 2.88. The zero-order valence-corrected chi connectivity index (χ0v) is 10.7. The SMILES string of the molecule is CC(=O)CCCCCC(N=[N+]=[N-])c1ccccc1. The zero-order chi connectivity index (χ0) is 13.2. The van der Waals surface area contributed by atoms with E-state index in [4.69, 9.17) is 5.53 Å². The Balaban J connectivity index is 2.40. The summed E-state index contributed by atoms with van der Waals surface area (Å²) in [5.41, 5.74) is 9.64. The van der Waals surface area contributed by atoms with Gasteiger partial charge in [-0.15, -0.1) is 0 Å². The molecule has 0 spiro atoms. The number of carbonyl (C=O) groups excluding carboxylic acids is 1. The summed E-state index contributed by atoms with van der Waals surface area (Å²) in [5.74, 6) is 0.240. The maximum absolute atomic E-state index is 10.8. The quantitative estimate of drug-likeness (QED) is 0.286. The monoisotopic (exact) mass is 245 g/mol. The molecule has 0 saturated heterocycles. The smallest absolute Gasteiger partial charge is 0.129 e. The van der Waals surface area contributed by atoms with Crippen LogP contribution in [0.4, 0.5) is 0 Å². The molecule has 1 rings (SSSR count). The summed E-state index contributed by atoms with van der Waals surface area (Å²) in [7, 11) is 0. The number of nitrogens with zero attached hydrogens (tertiary/aromatic N) is 3. The summed E-state index contributed by atoms with van der Waals surface area (Å²) in [4.78, 5) is 13.7. The van der Waals surface area contributed by atoms with Crippen LogP contribution in [0.5, 0.6) is 0 Å². The van der Waals surface area contributed by atoms with E-state index in [9.17, 15) is 4.79 Å². The van der Waals surface area contributed by atoms with Crippen LogP contribution in [0.1, 0.15) is 50.6 Å². The first-order valence-corrected chi connectivity index (χ1v) is 6.32. The predicted molar refractivity (Wildman–Crippen MR) is 72.1 cm³/mol. The third-order valence-corrected chi connectivity index (χ3v) is 2.88. The van der Waals surface area contributed by atoms with Crippen molar-refractivity contribution in [3.8, 4) is 0 Å². The minimum atomic E-state index is -0.0893. The van der Waals surface area contributed by atoms with Crippen LogP contribution in [-0.2, 0) is 4.79 Å². The second-order valence-electron chi connectivity index (χ2n) is 4.43. The summed E-state index contributed by atoms with van der Waals surface area (Å²) in [5, 5.41) is 3.84. The van der Waals surface area contributed by atoms with Crippen molar-refractivity contribution in [1.29, 1.82) is 0 Å². The molecule has 4 nitrogen and oxygen atoms in total. The molecule has 4 heteroatoms. The fourth-order valence-electron chi connectivity index (χ4n) is 1.92. The molecule has 0 aliphatic carbocycles. The van der Waals surface area contributed by atoms with Crippen molar-refractivity contribution in [3.63, 3.8) is 0 Å². The minimum Gasteiger partial charge on any atom is -0.300 e. The van der Waals surface area contributed by atoms with E-state index in [1.54, 1.807) is 6.92 Å². The molecule has 0 heterocycles. The van der Waals surface area contributed by atoms with Crippen molar-refractivity contribution in [2.75, 3.05) is 0 Å². The molecule has 0 radical (unpaired) electrons. The van der Waals surface area contributed by atoms with Crippen molar-refractivity contribution in [3.05, 3.63) is 46.3 Å². The van der Waals surface area contributed by atoms with E-state index >= 15 is 0 Å². The Labute approximate surface area is 108 Å². The van der Waals surface area contributed by atoms with Gasteiger partial charge in [-0.25, -0.2) is 0 Å². The van der Waals surface area contributed by atoms with Crippen LogP contribution in [0.15, 0.2) is 35.4 Å². The van der Waals surface area contributed by atoms with E-state index in [-0.39, 0.29) is 11.8 Å². The summed E-state index contributed by atoms with van der Waals surface area (Å²) >= 11 is 0. The molecule has 0 amide bonds. The summed E-state index contributed by atoms with van der Waals surface area (Å²) in [6.07, 6.45) is 4.40. The third kappa shape index (κ3) is 5.51. The average molecular weight is 245 g/mol. The van der Waals surface area contributed by atoms with Gasteiger partial charge in [0.2, 0.25) is 0 Å². The highest BCUT2D eigenvalue weighted by atomic mass is 16.1. The van der Waals surface area contributed by atoms with Crippen LogP contribution < -0.4 is 0 Å². The fraction of sp³-hybridized carbons (Fsp3) is 0.500. The Hall–Kier alpha value is -1.80. The van der Waals surface area contributed by atoms with Gasteiger partial charge < -0.3 is 4.79 Å². The van der Waals surface area contributed by atoms with Gasteiger partial charge in [-0.1, -0.05) is 48.3 Å². The topological polar surface area (TPSA) is 65.8 Å². The number of ketones is 1. The first-order chi connectivity index (χ1) is 8.74. The van der Waals surface area contributed by atoms with E-state index in [0.29, 0.717) is 6.42 Å². The molecule has 96 valence electrons. The molecule has 0 bridgehead atoms. The maximum atomic E-state index is 10.8. The van der Waals surface area contributed by atoms with Gasteiger partial charge in [0.1, 0.15) is 5.78 Å². The van der Waals surface area contributed by atoms with Gasteiger partial charge in [0.25, 0.3) is 0 Å². The minimum absolute atomic E-state index is 0.0893. The number of hydrogen-bond donors (Lipinski definition) is 0. The van der Waals surface area contributed by atoms with Gasteiger partial charge in [0.15, 0.2) is 0 Å². The van der Waals surface area contributed by atoms with Crippen LogP contribution in [0.3, 0.4) is 0 Å². The fourth-order valence-corrected chi connectivity index (χ4v) is 1.92. The molecule has 1 aromatic carbocycles. The van der Waals surface area contributed by atoms with Crippen molar-refractivity contribution in [2.45, 2.75) is 45.1 Å². The zero-order valence-electron chi connectivity index (χ0n) is 10.7. The molecule has 0 aliphatic rings. The molecular formula is C14H19N3O. The van der Waals surface area contributed by atoms with Crippen molar-refractivity contribution < 1.29 is 4.79 Å². The van der Waals surface area contributed by atoms with Crippen molar-refractivity contribution in [2.24, 2.45) is 5.11 Å². The number of unbranched alkanes of at least 4 members (excludes halogenated alkanes) is 2. The molecule has 0 fully saturated rings. The number of carbonyl (C=O) groups is 1. The lowest BCUT2D eigenvalue weighted by Gasteiger charge is -2.10. The molecule has 0 aliphatic heterocycles. The molecule has 1 aromatic rings. The number of benzene rings is 1. The highest BCUT2D eigenvalue weighted by Crippen LogP contribution is 2.24. The Morgan fingerprint density at radius 1 is 1.28 bits per heavy atom. The lowest BCUT2D eigenvalue weighted by Crippen LogP contribution is -1.95. The standard InChI is InChI=1S/C14H19N3O/c1-12(18)8-4-2-7-11-14(16-17-15)13-9-5-3-6-10-13/h3,5-6,9-10,14H,2,4,7-8,11H2,1H3. The first kappa shape index (κ1) is 14.3. The normalized spacial score (nSPS) is 11.6. The number of Topliss-reactive ketones (excluding diaryl/α,β-unsaturated/α-hetero) is 1. The van der Waals surface area contributed by atoms with E-state index in [1.807, 2.05) is 30.3 Å². The van der Waals surface area contributed by atoms with Gasteiger partial charge in [-0.2, -0.15) is 0 Å². The number of hydrogen-bond acceptors (Lipinski definition) is 2. The molecule has 18 heavy (non-hydrogen) atoms. The van der Waals surface area contributed by atoms with Crippen LogP contribution in [0.25, 0.3) is 10.4 Å². The maximum Gasteiger partial charge on any atom is 0.129 e. The van der Waals surface area contributed by atoms with Crippen LogP contribution in [-0.4, -0.2) is 5.78 Å². The molecule has 0 aromatic heterocycles. The first-order valence-electron chi connectivity index (χ1n) is 6.32. The Bertz CT molecular complexity index is 410. The lowest BCUT2D eigenvalue weighted by molar-refractivity contribution is -0.117.